The predicted octanol–water partition coefficient (Wildman–Crippen LogP) is 4.38. The van der Waals surface area contributed by atoms with E-state index >= 15 is 0 Å². The van der Waals surface area contributed by atoms with Crippen LogP contribution in [0, 0.1) is 13.8 Å². The molecule has 0 fully saturated rings. The molecular formula is C26H24N4O2Se2. The third-order valence-electron chi connectivity index (χ3n) is 5.99. The summed E-state index contributed by atoms with van der Waals surface area (Å²) >= 11 is -0.286. The van der Waals surface area contributed by atoms with Gasteiger partial charge in [0.15, 0.2) is 0 Å². The van der Waals surface area contributed by atoms with Crippen LogP contribution in [0.25, 0.3) is 5.57 Å². The topological polar surface area (TPSA) is 69.6 Å². The average molecular weight is 582 g/mol. The van der Waals surface area contributed by atoms with Crippen LogP contribution in [0.5, 0.6) is 0 Å². The summed E-state index contributed by atoms with van der Waals surface area (Å²) in [7, 11) is 3.98. The summed E-state index contributed by atoms with van der Waals surface area (Å²) in [4.78, 5) is 26.9. The fraction of sp³-hybridized carbons (Fsp3) is 0.192. The Kier molecular flexibility index (Phi) is 6.09. The number of anilines is 4. The molecule has 0 saturated carbocycles. The van der Waals surface area contributed by atoms with Gasteiger partial charge < -0.3 is 0 Å². The minimum atomic E-state index is -0.576. The van der Waals surface area contributed by atoms with Gasteiger partial charge in [0.05, 0.1) is 0 Å². The minimum absolute atomic E-state index is 0.0115. The number of aromatic nitrogens is 2. The summed E-state index contributed by atoms with van der Waals surface area (Å²) in [5, 5.41) is 11.1. The molecule has 172 valence electrons. The number of hydrogen-bond acceptors (Lipinski definition) is 6. The summed E-state index contributed by atoms with van der Waals surface area (Å²) in [5.41, 5.74) is 4.22. The van der Waals surface area contributed by atoms with Crippen molar-refractivity contribution in [3.63, 3.8) is 0 Å². The van der Waals surface area contributed by atoms with Gasteiger partial charge in [-0.1, -0.05) is 0 Å². The van der Waals surface area contributed by atoms with Crippen LogP contribution in [0.1, 0.15) is 26.2 Å². The number of aliphatic hydroxyl groups excluding tert-OH is 1. The SMILES string of the molecule is Cc1nc(N(C)c2ccccc2)[se]c1C1=C(O)C(c2[se]c(N(C)c3ccccc3)nc2C)C1=O. The van der Waals surface area contributed by atoms with Crippen molar-refractivity contribution in [2.45, 2.75) is 19.8 Å². The number of Topliss-reactive ketones (excluding diaryl/α,β-unsaturated/α-hetero) is 1. The fourth-order valence-electron chi connectivity index (χ4n) is 4.02. The van der Waals surface area contributed by atoms with Gasteiger partial charge in [-0.05, 0) is 0 Å². The number of para-hydroxylation sites is 2. The van der Waals surface area contributed by atoms with E-state index < -0.39 is 5.92 Å². The number of carbonyl (C=O) groups excluding carboxylic acids is 1. The molecule has 0 saturated heterocycles. The number of carbonyl (C=O) groups is 1. The van der Waals surface area contributed by atoms with Crippen LogP contribution >= 0.6 is 0 Å². The fourth-order valence-corrected chi connectivity index (χ4v) is 8.76. The number of hydrogen-bond donors (Lipinski definition) is 1. The van der Waals surface area contributed by atoms with Crippen molar-refractivity contribution in [1.82, 2.24) is 9.97 Å². The third-order valence-corrected chi connectivity index (χ3v) is 11.3. The van der Waals surface area contributed by atoms with E-state index in [1.165, 1.54) is 0 Å². The van der Waals surface area contributed by atoms with Crippen molar-refractivity contribution in [3.8, 4) is 0 Å². The van der Waals surface area contributed by atoms with Crippen LogP contribution in [-0.2, 0) is 4.79 Å². The molecule has 0 amide bonds. The van der Waals surface area contributed by atoms with Crippen LogP contribution in [0.4, 0.5) is 20.8 Å². The number of nitrogens with zero attached hydrogens (tertiary/aromatic N) is 4. The number of allylic oxidation sites excluding steroid dienone is 2. The molecule has 1 unspecified atom stereocenters. The van der Waals surface area contributed by atoms with Gasteiger partial charge in [0.1, 0.15) is 0 Å². The zero-order valence-corrected chi connectivity index (χ0v) is 22.7. The molecule has 0 spiro atoms. The third kappa shape index (κ3) is 3.87. The van der Waals surface area contributed by atoms with Gasteiger partial charge in [0.2, 0.25) is 0 Å². The molecule has 0 bridgehead atoms. The van der Waals surface area contributed by atoms with E-state index in [1.54, 1.807) is 0 Å². The molecular weight excluding hydrogens is 558 g/mol. The second-order valence-corrected chi connectivity index (χ2v) is 12.4. The Morgan fingerprint density at radius 2 is 1.29 bits per heavy atom. The number of benzene rings is 2. The standard InChI is InChI=1S/C26H24N4O2Se2/c1-15-23(33-25(27-15)29(3)17-11-7-5-8-12-17)19-21(31)20(22(19)32)24-16(2)28-26(34-24)30(4)18-13-9-6-10-14-18/h5-14,19,31H,1-4H3. The first-order valence-corrected chi connectivity index (χ1v) is 14.3. The number of rotatable bonds is 6. The van der Waals surface area contributed by atoms with E-state index in [9.17, 15) is 9.90 Å². The summed E-state index contributed by atoms with van der Waals surface area (Å²) in [6.45, 7) is 3.85. The van der Waals surface area contributed by atoms with Gasteiger partial charge in [0.25, 0.3) is 0 Å². The second-order valence-electron chi connectivity index (χ2n) is 8.20. The number of aryl methyl sites for hydroxylation is 2. The monoisotopic (exact) mass is 584 g/mol. The Bertz CT molecular complexity index is 1390. The van der Waals surface area contributed by atoms with E-state index in [4.69, 9.17) is 9.97 Å². The Hall–Kier alpha value is -2.89. The molecule has 0 aliphatic heterocycles. The summed E-state index contributed by atoms with van der Waals surface area (Å²) in [6, 6.07) is 20.1. The Morgan fingerprint density at radius 3 is 1.82 bits per heavy atom. The quantitative estimate of drug-likeness (QED) is 0.341. The molecule has 4 aromatic rings. The normalized spacial score (nSPS) is 15.4. The van der Waals surface area contributed by atoms with E-state index in [1.807, 2.05) is 88.6 Å². The van der Waals surface area contributed by atoms with Crippen LogP contribution in [0.3, 0.4) is 0 Å². The molecule has 34 heavy (non-hydrogen) atoms. The van der Waals surface area contributed by atoms with Gasteiger partial charge in [-0.3, -0.25) is 0 Å². The molecule has 8 heteroatoms. The molecule has 5 rings (SSSR count). The predicted molar refractivity (Wildman–Crippen MR) is 138 cm³/mol. The molecule has 1 aliphatic rings. The van der Waals surface area contributed by atoms with Gasteiger partial charge in [0, 0.05) is 0 Å². The second kappa shape index (κ2) is 9.05. The molecule has 2 aromatic carbocycles. The molecule has 6 nitrogen and oxygen atoms in total. The maximum absolute atomic E-state index is 13.3. The summed E-state index contributed by atoms with van der Waals surface area (Å²) in [6.07, 6.45) is 0. The molecule has 1 atom stereocenters. The van der Waals surface area contributed by atoms with Crippen molar-refractivity contribution in [1.29, 1.82) is 0 Å². The van der Waals surface area contributed by atoms with Crippen molar-refractivity contribution in [2.75, 3.05) is 23.9 Å². The molecule has 1 N–H and O–H groups in total. The van der Waals surface area contributed by atoms with Gasteiger partial charge >= 0.3 is 211 Å². The first-order chi connectivity index (χ1) is 16.4. The first kappa shape index (κ1) is 22.9. The molecule has 1 aliphatic carbocycles. The molecule has 2 aromatic heterocycles. The van der Waals surface area contributed by atoms with Crippen molar-refractivity contribution >= 4 is 61.1 Å². The van der Waals surface area contributed by atoms with Crippen LogP contribution < -0.4 is 9.80 Å². The van der Waals surface area contributed by atoms with Crippen molar-refractivity contribution in [3.05, 3.63) is 86.7 Å². The van der Waals surface area contributed by atoms with Crippen molar-refractivity contribution in [2.24, 2.45) is 0 Å². The van der Waals surface area contributed by atoms with Gasteiger partial charge in [-0.2, -0.15) is 0 Å². The number of ketones is 1. The maximum atomic E-state index is 13.3. The van der Waals surface area contributed by atoms with E-state index in [2.05, 4.69) is 9.80 Å². The first-order valence-electron chi connectivity index (χ1n) is 10.9. The zero-order valence-electron chi connectivity index (χ0n) is 19.3. The summed E-state index contributed by atoms with van der Waals surface area (Å²) < 4.78 is 3.70. The Labute approximate surface area is 210 Å². The average Bonchev–Trinajstić information content (AvgIpc) is 3.42. The zero-order chi connectivity index (χ0) is 24.0. The number of aliphatic hydroxyl groups is 1. The van der Waals surface area contributed by atoms with Crippen LogP contribution in [0.2, 0.25) is 0 Å². The van der Waals surface area contributed by atoms with E-state index in [-0.39, 0.29) is 40.5 Å². The summed E-state index contributed by atoms with van der Waals surface area (Å²) in [5.74, 6) is -0.412. The molecule has 2 heterocycles. The van der Waals surface area contributed by atoms with Crippen LogP contribution in [-0.4, -0.2) is 64.0 Å². The van der Waals surface area contributed by atoms with Gasteiger partial charge in [-0.15, -0.1) is 0 Å². The Morgan fingerprint density at radius 1 is 0.794 bits per heavy atom. The van der Waals surface area contributed by atoms with Gasteiger partial charge in [-0.25, -0.2) is 0 Å². The van der Waals surface area contributed by atoms with E-state index in [0.717, 1.165) is 41.0 Å². The van der Waals surface area contributed by atoms with E-state index in [0.29, 0.717) is 5.57 Å². The van der Waals surface area contributed by atoms with Crippen LogP contribution in [0.15, 0.2) is 66.4 Å². The molecule has 0 radical (unpaired) electrons. The van der Waals surface area contributed by atoms with Crippen molar-refractivity contribution < 1.29 is 9.90 Å². The Balaban J connectivity index is 1.44.